The molecule has 1 aromatic heterocycles. The first-order valence-corrected chi connectivity index (χ1v) is 7.30. The third-order valence-corrected chi connectivity index (χ3v) is 4.38. The van der Waals surface area contributed by atoms with Gasteiger partial charge in [-0.25, -0.2) is 4.98 Å². The zero-order chi connectivity index (χ0) is 14.8. The molecule has 20 heavy (non-hydrogen) atoms. The zero-order valence-electron chi connectivity index (χ0n) is 10.7. The fourth-order valence-corrected chi connectivity index (χ4v) is 2.95. The van der Waals surface area contributed by atoms with Crippen LogP contribution in [0.25, 0.3) is 0 Å². The number of pyridine rings is 1. The molecule has 7 heteroatoms. The van der Waals surface area contributed by atoms with Gasteiger partial charge >= 0.3 is 6.18 Å². The number of nitrogens with zero attached hydrogens (tertiary/aromatic N) is 1. The van der Waals surface area contributed by atoms with E-state index in [1.807, 2.05) is 0 Å². The number of hydrogen-bond acceptors (Lipinski definition) is 2. The molecule has 1 aliphatic rings. The van der Waals surface area contributed by atoms with E-state index in [-0.39, 0.29) is 16.2 Å². The Labute approximate surface area is 125 Å². The van der Waals surface area contributed by atoms with E-state index in [2.05, 4.69) is 10.3 Å². The highest BCUT2D eigenvalue weighted by Crippen LogP contribution is 2.33. The monoisotopic (exact) mass is 326 g/mol. The summed E-state index contributed by atoms with van der Waals surface area (Å²) in [5, 5.41) is 3.07. The van der Waals surface area contributed by atoms with Crippen molar-refractivity contribution in [2.24, 2.45) is 5.92 Å². The summed E-state index contributed by atoms with van der Waals surface area (Å²) in [4.78, 5) is 3.75. The summed E-state index contributed by atoms with van der Waals surface area (Å²) < 4.78 is 37.5. The molecule has 1 aliphatic carbocycles. The number of alkyl halides is 4. The highest BCUT2D eigenvalue weighted by atomic mass is 35.5. The first-order chi connectivity index (χ1) is 9.38. The van der Waals surface area contributed by atoms with Crippen molar-refractivity contribution < 1.29 is 13.2 Å². The van der Waals surface area contributed by atoms with E-state index in [1.165, 1.54) is 0 Å². The van der Waals surface area contributed by atoms with E-state index >= 15 is 0 Å². The van der Waals surface area contributed by atoms with Gasteiger partial charge < -0.3 is 5.32 Å². The third kappa shape index (κ3) is 3.92. The van der Waals surface area contributed by atoms with E-state index in [0.29, 0.717) is 12.5 Å². The Hall–Kier alpha value is -0.680. The number of aromatic nitrogens is 1. The van der Waals surface area contributed by atoms with Gasteiger partial charge in [-0.1, -0.05) is 24.4 Å². The summed E-state index contributed by atoms with van der Waals surface area (Å²) in [5.74, 6) is 0.569. The normalized spacial score (nSPS) is 23.6. The van der Waals surface area contributed by atoms with Gasteiger partial charge in [-0.15, -0.1) is 11.6 Å². The lowest BCUT2D eigenvalue weighted by atomic mass is 9.89. The second-order valence-corrected chi connectivity index (χ2v) is 5.96. The van der Waals surface area contributed by atoms with Gasteiger partial charge in [0.15, 0.2) is 0 Å². The second-order valence-electron chi connectivity index (χ2n) is 4.99. The Bertz CT molecular complexity index is 465. The Morgan fingerprint density at radius 1 is 1.30 bits per heavy atom. The first kappa shape index (κ1) is 15.7. The molecule has 1 saturated carbocycles. The SMILES string of the molecule is FC(F)(F)c1cnc(NCC2CCCCC2Cl)c(Cl)c1. The molecule has 112 valence electrons. The minimum atomic E-state index is -4.43. The molecule has 1 aromatic rings. The van der Waals surface area contributed by atoms with Crippen molar-refractivity contribution in [3.05, 3.63) is 22.8 Å². The van der Waals surface area contributed by atoms with E-state index in [4.69, 9.17) is 23.2 Å². The summed E-state index contributed by atoms with van der Waals surface area (Å²) in [6.45, 7) is 0.576. The van der Waals surface area contributed by atoms with Crippen LogP contribution in [0.2, 0.25) is 5.02 Å². The van der Waals surface area contributed by atoms with Crippen molar-refractivity contribution in [1.82, 2.24) is 4.98 Å². The van der Waals surface area contributed by atoms with Gasteiger partial charge in [0.1, 0.15) is 5.82 Å². The average Bonchev–Trinajstić information content (AvgIpc) is 2.38. The second kappa shape index (κ2) is 6.39. The maximum Gasteiger partial charge on any atom is 0.417 e. The number of nitrogens with one attached hydrogen (secondary N) is 1. The van der Waals surface area contributed by atoms with Gasteiger partial charge in [0.2, 0.25) is 0 Å². The van der Waals surface area contributed by atoms with Gasteiger partial charge in [0.05, 0.1) is 10.6 Å². The smallest absolute Gasteiger partial charge is 0.369 e. The molecule has 0 bridgehead atoms. The Balaban J connectivity index is 1.99. The van der Waals surface area contributed by atoms with Crippen LogP contribution in [0.4, 0.5) is 19.0 Å². The third-order valence-electron chi connectivity index (χ3n) is 3.52. The van der Waals surface area contributed by atoms with Crippen molar-refractivity contribution in [3.63, 3.8) is 0 Å². The minimum absolute atomic E-state index is 0.0262. The fraction of sp³-hybridized carbons (Fsp3) is 0.615. The van der Waals surface area contributed by atoms with Crippen molar-refractivity contribution >= 4 is 29.0 Å². The lowest BCUT2D eigenvalue weighted by Crippen LogP contribution is -2.27. The molecule has 2 nitrogen and oxygen atoms in total. The van der Waals surface area contributed by atoms with Crippen LogP contribution in [0, 0.1) is 5.92 Å². The molecular formula is C13H15Cl2F3N2. The molecule has 1 heterocycles. The Kier molecular flexibility index (Phi) is 5.02. The highest BCUT2D eigenvalue weighted by Gasteiger charge is 2.31. The standard InChI is InChI=1S/C13H15Cl2F3N2/c14-10-4-2-1-3-8(10)6-19-12-11(15)5-9(7-20-12)13(16,17)18/h5,7-8,10H,1-4,6H2,(H,19,20). The lowest BCUT2D eigenvalue weighted by molar-refractivity contribution is -0.137. The fourth-order valence-electron chi connectivity index (χ4n) is 2.34. The molecule has 0 aliphatic heterocycles. The lowest BCUT2D eigenvalue weighted by Gasteiger charge is -2.27. The zero-order valence-corrected chi connectivity index (χ0v) is 12.2. The Morgan fingerprint density at radius 3 is 2.60 bits per heavy atom. The van der Waals surface area contributed by atoms with Gasteiger partial charge in [-0.2, -0.15) is 13.2 Å². The van der Waals surface area contributed by atoms with Crippen LogP contribution < -0.4 is 5.32 Å². The number of halogens is 5. The van der Waals surface area contributed by atoms with Crippen LogP contribution in [-0.2, 0) is 6.18 Å². The number of anilines is 1. The number of hydrogen-bond donors (Lipinski definition) is 1. The molecule has 1 N–H and O–H groups in total. The number of rotatable bonds is 3. The average molecular weight is 327 g/mol. The van der Waals surface area contributed by atoms with Crippen LogP contribution in [0.1, 0.15) is 31.2 Å². The summed E-state index contributed by atoms with van der Waals surface area (Å²) >= 11 is 12.1. The molecule has 1 fully saturated rings. The maximum atomic E-state index is 12.5. The predicted octanol–water partition coefficient (Wildman–Crippen LogP) is 4.96. The molecule has 0 spiro atoms. The largest absolute Gasteiger partial charge is 0.417 e. The van der Waals surface area contributed by atoms with Gasteiger partial charge in [-0.3, -0.25) is 0 Å². The van der Waals surface area contributed by atoms with Crippen molar-refractivity contribution in [1.29, 1.82) is 0 Å². The van der Waals surface area contributed by atoms with Crippen LogP contribution in [0.5, 0.6) is 0 Å². The molecule has 2 rings (SSSR count). The summed E-state index contributed by atoms with van der Waals surface area (Å²) in [6.07, 6.45) is 0.599. The van der Waals surface area contributed by atoms with Crippen molar-refractivity contribution in [2.75, 3.05) is 11.9 Å². The molecule has 2 unspecified atom stereocenters. The van der Waals surface area contributed by atoms with Gasteiger partial charge in [0, 0.05) is 18.1 Å². The maximum absolute atomic E-state index is 12.5. The molecule has 0 amide bonds. The first-order valence-electron chi connectivity index (χ1n) is 6.48. The van der Waals surface area contributed by atoms with Crippen LogP contribution in [0.3, 0.4) is 0 Å². The summed E-state index contributed by atoms with van der Waals surface area (Å²) in [6, 6.07) is 0.885. The van der Waals surface area contributed by atoms with E-state index in [0.717, 1.165) is 37.9 Å². The van der Waals surface area contributed by atoms with E-state index in [9.17, 15) is 13.2 Å². The van der Waals surface area contributed by atoms with Gasteiger partial charge in [-0.05, 0) is 24.8 Å². The summed E-state index contributed by atoms with van der Waals surface area (Å²) in [5.41, 5.74) is -0.846. The molecule has 0 saturated heterocycles. The van der Waals surface area contributed by atoms with Gasteiger partial charge in [0.25, 0.3) is 0 Å². The van der Waals surface area contributed by atoms with Crippen molar-refractivity contribution in [3.8, 4) is 0 Å². The quantitative estimate of drug-likeness (QED) is 0.794. The van der Waals surface area contributed by atoms with Crippen molar-refractivity contribution in [2.45, 2.75) is 37.2 Å². The Morgan fingerprint density at radius 2 is 2.00 bits per heavy atom. The highest BCUT2D eigenvalue weighted by molar-refractivity contribution is 6.33. The summed E-state index contributed by atoms with van der Waals surface area (Å²) in [7, 11) is 0. The van der Waals surface area contributed by atoms with Crippen LogP contribution >= 0.6 is 23.2 Å². The topological polar surface area (TPSA) is 24.9 Å². The molecule has 0 aromatic carbocycles. The van der Waals surface area contributed by atoms with E-state index < -0.39 is 11.7 Å². The van der Waals surface area contributed by atoms with Crippen LogP contribution in [-0.4, -0.2) is 16.9 Å². The van der Waals surface area contributed by atoms with Crippen LogP contribution in [0.15, 0.2) is 12.3 Å². The minimum Gasteiger partial charge on any atom is -0.369 e. The molecular weight excluding hydrogens is 312 g/mol. The van der Waals surface area contributed by atoms with E-state index in [1.54, 1.807) is 0 Å². The molecule has 2 atom stereocenters. The molecule has 0 radical (unpaired) electrons. The predicted molar refractivity (Wildman–Crippen MR) is 74.3 cm³/mol.